The van der Waals surface area contributed by atoms with E-state index in [1.807, 2.05) is 0 Å². The second kappa shape index (κ2) is 7.43. The Kier molecular flexibility index (Phi) is 4.78. The second-order valence-corrected chi connectivity index (χ2v) is 6.90. The van der Waals surface area contributed by atoms with Crippen LogP contribution in [0.5, 0.6) is 0 Å². The van der Waals surface area contributed by atoms with E-state index in [1.165, 1.54) is 24.7 Å². The van der Waals surface area contributed by atoms with Gasteiger partial charge >= 0.3 is 0 Å². The number of anilines is 3. The highest BCUT2D eigenvalue weighted by atomic mass is 19.1. The van der Waals surface area contributed by atoms with E-state index >= 15 is 0 Å². The zero-order valence-electron chi connectivity index (χ0n) is 16.0. The smallest absolute Gasteiger partial charge is 0.252 e. The van der Waals surface area contributed by atoms with E-state index in [9.17, 15) is 13.6 Å². The summed E-state index contributed by atoms with van der Waals surface area (Å²) in [6.07, 6.45) is 4.58. The van der Waals surface area contributed by atoms with Crippen LogP contribution in [-0.4, -0.2) is 20.3 Å². The summed E-state index contributed by atoms with van der Waals surface area (Å²) in [5, 5.41) is 2.93. The Bertz CT molecular complexity index is 1280. The van der Waals surface area contributed by atoms with Crippen molar-refractivity contribution < 1.29 is 13.6 Å². The number of nitrogens with one attached hydrogen (secondary N) is 1. The van der Waals surface area contributed by atoms with Crippen molar-refractivity contribution in [1.29, 1.82) is 0 Å². The van der Waals surface area contributed by atoms with E-state index in [0.717, 1.165) is 5.56 Å². The van der Waals surface area contributed by atoms with Gasteiger partial charge in [0.05, 0.1) is 23.0 Å². The Hall–Kier alpha value is -4.01. The summed E-state index contributed by atoms with van der Waals surface area (Å²) in [4.78, 5) is 20.0. The molecule has 0 unspecified atom stereocenters. The molecule has 5 N–H and O–H groups in total. The van der Waals surface area contributed by atoms with Gasteiger partial charge in [-0.2, -0.15) is 0 Å². The van der Waals surface area contributed by atoms with E-state index in [4.69, 9.17) is 11.5 Å². The Morgan fingerprint density at radius 1 is 1.20 bits per heavy atom. The predicted molar refractivity (Wildman–Crippen MR) is 110 cm³/mol. The van der Waals surface area contributed by atoms with E-state index in [1.54, 1.807) is 35.7 Å². The fourth-order valence-electron chi connectivity index (χ4n) is 3.31. The quantitative estimate of drug-likeness (QED) is 0.469. The van der Waals surface area contributed by atoms with Crippen LogP contribution in [0.1, 0.15) is 27.0 Å². The van der Waals surface area contributed by atoms with Gasteiger partial charge in [-0.3, -0.25) is 9.20 Å². The van der Waals surface area contributed by atoms with Gasteiger partial charge in [-0.1, -0.05) is 6.07 Å². The number of pyridine rings is 2. The molecule has 7 nitrogen and oxygen atoms in total. The number of primary amides is 1. The summed E-state index contributed by atoms with van der Waals surface area (Å²) in [7, 11) is 0. The van der Waals surface area contributed by atoms with Crippen LogP contribution in [0.2, 0.25) is 0 Å². The molecule has 152 valence electrons. The van der Waals surface area contributed by atoms with E-state index in [0.29, 0.717) is 16.6 Å². The van der Waals surface area contributed by atoms with Crippen molar-refractivity contribution in [2.45, 2.75) is 13.3 Å². The zero-order chi connectivity index (χ0) is 21.4. The molecule has 0 aliphatic carbocycles. The lowest BCUT2D eigenvalue weighted by atomic mass is 10.0. The number of carbonyl (C=O) groups excluding carboxylic acids is 1. The number of nitrogens with zero attached hydrogens (tertiary/aromatic N) is 3. The minimum absolute atomic E-state index is 0.109. The van der Waals surface area contributed by atoms with E-state index in [2.05, 4.69) is 15.3 Å². The fourth-order valence-corrected chi connectivity index (χ4v) is 3.31. The van der Waals surface area contributed by atoms with Crippen LogP contribution >= 0.6 is 0 Å². The first-order chi connectivity index (χ1) is 14.3. The molecule has 0 spiro atoms. The molecule has 0 saturated carbocycles. The summed E-state index contributed by atoms with van der Waals surface area (Å²) >= 11 is 0. The van der Waals surface area contributed by atoms with Crippen LogP contribution in [-0.2, 0) is 6.42 Å². The Labute approximate surface area is 170 Å². The molecular formula is C21H18F2N6O. The third-order valence-corrected chi connectivity index (χ3v) is 4.80. The number of hydrogen-bond acceptors (Lipinski definition) is 5. The minimum Gasteiger partial charge on any atom is -0.381 e. The number of halogens is 2. The normalized spacial score (nSPS) is 11.0. The van der Waals surface area contributed by atoms with Crippen LogP contribution in [0, 0.1) is 18.6 Å². The van der Waals surface area contributed by atoms with Crippen molar-refractivity contribution in [2.24, 2.45) is 5.73 Å². The molecule has 0 saturated heterocycles. The van der Waals surface area contributed by atoms with Crippen LogP contribution < -0.4 is 16.8 Å². The number of hydrogen-bond donors (Lipinski definition) is 3. The maximum atomic E-state index is 14.4. The summed E-state index contributed by atoms with van der Waals surface area (Å²) in [6.45, 7) is 1.77. The Balaban J connectivity index is 1.85. The van der Waals surface area contributed by atoms with Crippen molar-refractivity contribution in [3.05, 3.63) is 82.9 Å². The molecule has 0 atom stereocenters. The van der Waals surface area contributed by atoms with Crippen molar-refractivity contribution in [1.82, 2.24) is 14.4 Å². The van der Waals surface area contributed by atoms with Crippen LogP contribution in [0.15, 0.2) is 49.1 Å². The number of imidazole rings is 1. The zero-order valence-corrected chi connectivity index (χ0v) is 16.0. The molecule has 0 aliphatic heterocycles. The molecule has 1 amide bonds. The molecule has 4 rings (SSSR count). The maximum Gasteiger partial charge on any atom is 0.252 e. The summed E-state index contributed by atoms with van der Waals surface area (Å²) in [6, 6.07) is 7.75. The molecule has 4 aromatic rings. The number of aryl methyl sites for hydroxylation is 1. The maximum absolute atomic E-state index is 14.4. The lowest BCUT2D eigenvalue weighted by Gasteiger charge is -2.16. The average Bonchev–Trinajstić information content (AvgIpc) is 3.19. The Morgan fingerprint density at radius 3 is 2.73 bits per heavy atom. The minimum atomic E-state index is -0.725. The van der Waals surface area contributed by atoms with Gasteiger partial charge in [0.25, 0.3) is 5.91 Å². The number of nitrogen functional groups attached to an aromatic ring is 1. The lowest BCUT2D eigenvalue weighted by molar-refractivity contribution is 0.100. The van der Waals surface area contributed by atoms with Crippen LogP contribution in [0.3, 0.4) is 0 Å². The van der Waals surface area contributed by atoms with Crippen molar-refractivity contribution >= 4 is 28.7 Å². The third kappa shape index (κ3) is 3.41. The largest absolute Gasteiger partial charge is 0.381 e. The van der Waals surface area contributed by atoms with Gasteiger partial charge in [0, 0.05) is 12.6 Å². The number of benzene rings is 1. The van der Waals surface area contributed by atoms with E-state index in [-0.39, 0.29) is 29.3 Å². The number of carbonyl (C=O) groups is 1. The standard InChI is InChI=1S/C21H18F2N6O/c1-11-2-3-16(15(22)6-11)28-21-14(20(25)30)8-13(17-9-26-10-29(17)21)7-12-4-5-27-19(24)18(12)23/h2-6,8-10,28H,7H2,1H3,(H2,24,27)(H2,25,30). The van der Waals surface area contributed by atoms with Crippen molar-refractivity contribution in [2.75, 3.05) is 11.1 Å². The number of rotatable bonds is 5. The molecule has 0 bridgehead atoms. The summed E-state index contributed by atoms with van der Waals surface area (Å²) < 4.78 is 30.3. The number of aromatic nitrogens is 3. The molecule has 0 aliphatic rings. The fraction of sp³-hybridized carbons (Fsp3) is 0.0952. The highest BCUT2D eigenvalue weighted by Gasteiger charge is 2.19. The topological polar surface area (TPSA) is 111 Å². The average molecular weight is 408 g/mol. The highest BCUT2D eigenvalue weighted by Crippen LogP contribution is 2.29. The molecular weight excluding hydrogens is 390 g/mol. The van der Waals surface area contributed by atoms with Crippen molar-refractivity contribution in [3.8, 4) is 0 Å². The highest BCUT2D eigenvalue weighted by molar-refractivity contribution is 5.99. The molecule has 30 heavy (non-hydrogen) atoms. The Morgan fingerprint density at radius 2 is 2.00 bits per heavy atom. The molecule has 0 radical (unpaired) electrons. The second-order valence-electron chi connectivity index (χ2n) is 6.90. The van der Waals surface area contributed by atoms with Gasteiger partial charge in [0.1, 0.15) is 18.0 Å². The van der Waals surface area contributed by atoms with Gasteiger partial charge < -0.3 is 16.8 Å². The molecule has 1 aromatic carbocycles. The van der Waals surface area contributed by atoms with Crippen LogP contribution in [0.4, 0.5) is 26.1 Å². The molecule has 3 heterocycles. The van der Waals surface area contributed by atoms with Gasteiger partial charge in [-0.05, 0) is 47.9 Å². The van der Waals surface area contributed by atoms with Crippen LogP contribution in [0.25, 0.3) is 5.52 Å². The number of fused-ring (bicyclic) bond motifs is 1. The first kappa shape index (κ1) is 19.3. The summed E-state index contributed by atoms with van der Waals surface area (Å²) in [5.74, 6) is -1.77. The van der Waals surface area contributed by atoms with Gasteiger partial charge in [-0.25, -0.2) is 18.7 Å². The van der Waals surface area contributed by atoms with Gasteiger partial charge in [0.15, 0.2) is 11.6 Å². The first-order valence-electron chi connectivity index (χ1n) is 9.05. The molecule has 9 heteroatoms. The summed E-state index contributed by atoms with van der Waals surface area (Å²) in [5.41, 5.74) is 13.7. The molecule has 0 fully saturated rings. The monoisotopic (exact) mass is 408 g/mol. The third-order valence-electron chi connectivity index (χ3n) is 4.80. The van der Waals surface area contributed by atoms with Crippen molar-refractivity contribution in [3.63, 3.8) is 0 Å². The first-order valence-corrected chi connectivity index (χ1v) is 9.05. The predicted octanol–water partition coefficient (Wildman–Crippen LogP) is 3.33. The van der Waals surface area contributed by atoms with E-state index < -0.39 is 17.5 Å². The SMILES string of the molecule is Cc1ccc(Nc2c(C(N)=O)cc(Cc3ccnc(N)c3F)c3cncn23)c(F)c1. The molecule has 3 aromatic heterocycles. The lowest BCUT2D eigenvalue weighted by Crippen LogP contribution is -2.17. The van der Waals surface area contributed by atoms with Gasteiger partial charge in [0.2, 0.25) is 0 Å². The van der Waals surface area contributed by atoms with Gasteiger partial charge in [-0.15, -0.1) is 0 Å². The number of amides is 1. The number of nitrogens with two attached hydrogens (primary N) is 2.